The van der Waals surface area contributed by atoms with Crippen LogP contribution in [-0.2, 0) is 4.79 Å². The second-order valence-corrected chi connectivity index (χ2v) is 3.18. The molecule has 1 atom stereocenters. The lowest BCUT2D eigenvalue weighted by Gasteiger charge is -2.15. The summed E-state index contributed by atoms with van der Waals surface area (Å²) in [5, 5.41) is 21.9. The monoisotopic (exact) mass is 204 g/mol. The smallest absolute Gasteiger partial charge is 0.326 e. The highest BCUT2D eigenvalue weighted by atomic mass is 16.4. The molecule has 0 radical (unpaired) electrons. The average molecular weight is 204 g/mol. The normalized spacial score (nSPS) is 12.3. The molecule has 0 fully saturated rings. The third-order valence-electron chi connectivity index (χ3n) is 1.44. The van der Waals surface area contributed by atoms with E-state index < -0.39 is 18.0 Å². The van der Waals surface area contributed by atoms with Gasteiger partial charge in [0, 0.05) is 19.1 Å². The highest BCUT2D eigenvalue weighted by Crippen LogP contribution is 1.91. The molecule has 6 nitrogen and oxygen atoms in total. The van der Waals surface area contributed by atoms with Gasteiger partial charge in [0.2, 0.25) is 0 Å². The molecule has 0 spiro atoms. The van der Waals surface area contributed by atoms with Crippen molar-refractivity contribution in [3.05, 3.63) is 0 Å². The van der Waals surface area contributed by atoms with Gasteiger partial charge in [0.25, 0.3) is 0 Å². The van der Waals surface area contributed by atoms with Gasteiger partial charge in [0.05, 0.1) is 0 Å². The molecule has 0 aliphatic rings. The second-order valence-electron chi connectivity index (χ2n) is 3.18. The van der Waals surface area contributed by atoms with Crippen LogP contribution in [-0.4, -0.2) is 40.9 Å². The summed E-state index contributed by atoms with van der Waals surface area (Å²) in [5.74, 6) is -1.15. The number of aliphatic carboxylic acids is 1. The first-order valence-electron chi connectivity index (χ1n) is 4.38. The van der Waals surface area contributed by atoms with Gasteiger partial charge in [-0.25, -0.2) is 9.59 Å². The Morgan fingerprint density at radius 1 is 1.29 bits per heavy atom. The maximum atomic E-state index is 11.1. The molecule has 0 saturated carbocycles. The van der Waals surface area contributed by atoms with Crippen LogP contribution in [0.4, 0.5) is 4.79 Å². The Labute approximate surface area is 82.3 Å². The molecule has 0 heterocycles. The first-order chi connectivity index (χ1) is 6.47. The Morgan fingerprint density at radius 3 is 2.21 bits per heavy atom. The van der Waals surface area contributed by atoms with E-state index in [2.05, 4.69) is 10.6 Å². The van der Waals surface area contributed by atoms with Crippen molar-refractivity contribution in [2.45, 2.75) is 32.4 Å². The van der Waals surface area contributed by atoms with Crippen molar-refractivity contribution in [1.82, 2.24) is 10.6 Å². The van der Waals surface area contributed by atoms with Gasteiger partial charge in [-0.05, 0) is 13.8 Å². The largest absolute Gasteiger partial charge is 0.480 e. The van der Waals surface area contributed by atoms with Gasteiger partial charge in [-0.1, -0.05) is 0 Å². The molecule has 0 aliphatic heterocycles. The molecule has 0 saturated heterocycles. The van der Waals surface area contributed by atoms with Crippen LogP contribution in [0.1, 0.15) is 20.3 Å². The number of rotatable bonds is 5. The molecule has 6 heteroatoms. The van der Waals surface area contributed by atoms with E-state index in [1.165, 1.54) is 0 Å². The van der Waals surface area contributed by atoms with Gasteiger partial charge in [-0.15, -0.1) is 0 Å². The highest BCUT2D eigenvalue weighted by Gasteiger charge is 2.18. The Morgan fingerprint density at radius 2 is 1.86 bits per heavy atom. The molecule has 0 bridgehead atoms. The van der Waals surface area contributed by atoms with Crippen LogP contribution in [0.5, 0.6) is 0 Å². The van der Waals surface area contributed by atoms with Crippen molar-refractivity contribution >= 4 is 12.0 Å². The van der Waals surface area contributed by atoms with E-state index in [0.717, 1.165) is 0 Å². The molecule has 0 rings (SSSR count). The summed E-state index contributed by atoms with van der Waals surface area (Å²) in [7, 11) is 0. The minimum atomic E-state index is -1.15. The number of carbonyl (C=O) groups excluding carboxylic acids is 1. The number of carbonyl (C=O) groups is 2. The molecular formula is C8H16N2O4. The predicted molar refractivity (Wildman–Crippen MR) is 49.9 cm³/mol. The molecular weight excluding hydrogens is 188 g/mol. The summed E-state index contributed by atoms with van der Waals surface area (Å²) in [6.45, 7) is 3.25. The molecule has 14 heavy (non-hydrogen) atoms. The number of aliphatic hydroxyl groups excluding tert-OH is 1. The third-order valence-corrected chi connectivity index (χ3v) is 1.44. The summed E-state index contributed by atoms with van der Waals surface area (Å²) in [4.78, 5) is 21.6. The van der Waals surface area contributed by atoms with E-state index in [1.807, 2.05) is 0 Å². The summed E-state index contributed by atoms with van der Waals surface area (Å²) in [5.41, 5.74) is 0. The summed E-state index contributed by atoms with van der Waals surface area (Å²) >= 11 is 0. The summed E-state index contributed by atoms with van der Waals surface area (Å²) in [6.07, 6.45) is 0.000842. The van der Waals surface area contributed by atoms with Crippen LogP contribution in [0, 0.1) is 0 Å². The van der Waals surface area contributed by atoms with Crippen molar-refractivity contribution in [2.75, 3.05) is 6.61 Å². The standard InChI is InChI=1S/C8H16N2O4/c1-5(2)9-8(14)10-6(3-4-11)7(12)13/h5-6,11H,3-4H2,1-2H3,(H,12,13)(H2,9,10,14). The lowest BCUT2D eigenvalue weighted by molar-refractivity contribution is -0.139. The van der Waals surface area contributed by atoms with Crippen LogP contribution in [0.15, 0.2) is 0 Å². The van der Waals surface area contributed by atoms with Gasteiger partial charge >= 0.3 is 12.0 Å². The molecule has 82 valence electrons. The van der Waals surface area contributed by atoms with Gasteiger partial charge in [-0.2, -0.15) is 0 Å². The lowest BCUT2D eigenvalue weighted by Crippen LogP contribution is -2.48. The van der Waals surface area contributed by atoms with Crippen molar-refractivity contribution in [2.24, 2.45) is 0 Å². The van der Waals surface area contributed by atoms with Crippen LogP contribution in [0.25, 0.3) is 0 Å². The van der Waals surface area contributed by atoms with E-state index in [-0.39, 0.29) is 19.1 Å². The predicted octanol–water partition coefficient (Wildman–Crippen LogP) is -0.470. The maximum Gasteiger partial charge on any atom is 0.326 e. The van der Waals surface area contributed by atoms with Gasteiger partial charge < -0.3 is 20.8 Å². The molecule has 1 unspecified atom stereocenters. The van der Waals surface area contributed by atoms with Crippen LogP contribution < -0.4 is 10.6 Å². The Hall–Kier alpha value is -1.30. The van der Waals surface area contributed by atoms with Gasteiger partial charge in [0.15, 0.2) is 0 Å². The topological polar surface area (TPSA) is 98.7 Å². The van der Waals surface area contributed by atoms with E-state index in [9.17, 15) is 9.59 Å². The van der Waals surface area contributed by atoms with Gasteiger partial charge in [-0.3, -0.25) is 0 Å². The van der Waals surface area contributed by atoms with Gasteiger partial charge in [0.1, 0.15) is 6.04 Å². The van der Waals surface area contributed by atoms with Crippen LogP contribution in [0.2, 0.25) is 0 Å². The summed E-state index contributed by atoms with van der Waals surface area (Å²) < 4.78 is 0. The quantitative estimate of drug-likeness (QED) is 0.486. The fourth-order valence-corrected chi connectivity index (χ4v) is 0.849. The molecule has 4 N–H and O–H groups in total. The minimum absolute atomic E-state index is 0.000842. The lowest BCUT2D eigenvalue weighted by atomic mass is 10.2. The second kappa shape index (κ2) is 6.20. The average Bonchev–Trinajstić information content (AvgIpc) is 2.01. The molecule has 0 aliphatic carbocycles. The van der Waals surface area contributed by atoms with Crippen molar-refractivity contribution in [3.8, 4) is 0 Å². The van der Waals surface area contributed by atoms with Crippen LogP contribution in [0.3, 0.4) is 0 Å². The Bertz CT molecular complexity index is 206. The number of carboxylic acids is 1. The highest BCUT2D eigenvalue weighted by molar-refractivity contribution is 5.82. The van der Waals surface area contributed by atoms with Crippen molar-refractivity contribution < 1.29 is 19.8 Å². The molecule has 0 aromatic heterocycles. The van der Waals surface area contributed by atoms with Crippen molar-refractivity contribution in [1.29, 1.82) is 0 Å². The minimum Gasteiger partial charge on any atom is -0.480 e. The molecule has 0 aromatic rings. The zero-order chi connectivity index (χ0) is 11.1. The van der Waals surface area contributed by atoms with E-state index in [1.54, 1.807) is 13.8 Å². The number of carboxylic acid groups (broad SMARTS) is 1. The number of nitrogens with one attached hydrogen (secondary N) is 2. The zero-order valence-corrected chi connectivity index (χ0v) is 8.28. The SMILES string of the molecule is CC(C)NC(=O)NC(CCO)C(=O)O. The fraction of sp³-hybridized carbons (Fsp3) is 0.750. The van der Waals surface area contributed by atoms with E-state index in [0.29, 0.717) is 0 Å². The fourth-order valence-electron chi connectivity index (χ4n) is 0.849. The van der Waals surface area contributed by atoms with Crippen molar-refractivity contribution in [3.63, 3.8) is 0 Å². The first kappa shape index (κ1) is 12.7. The Balaban J connectivity index is 4.02. The summed E-state index contributed by atoms with van der Waals surface area (Å²) in [6, 6.07) is -1.64. The number of hydrogen-bond acceptors (Lipinski definition) is 3. The Kier molecular flexibility index (Phi) is 5.62. The number of urea groups is 1. The zero-order valence-electron chi connectivity index (χ0n) is 8.28. The number of amides is 2. The van der Waals surface area contributed by atoms with E-state index in [4.69, 9.17) is 10.2 Å². The van der Waals surface area contributed by atoms with Crippen LogP contribution >= 0.6 is 0 Å². The number of hydrogen-bond donors (Lipinski definition) is 4. The van der Waals surface area contributed by atoms with E-state index >= 15 is 0 Å². The third kappa shape index (κ3) is 5.36. The maximum absolute atomic E-state index is 11.1. The molecule has 0 aromatic carbocycles. The number of aliphatic hydroxyl groups is 1. The molecule has 2 amide bonds. The first-order valence-corrected chi connectivity index (χ1v) is 4.38.